The van der Waals surface area contributed by atoms with E-state index >= 15 is 0 Å². The first-order chi connectivity index (χ1) is 8.56. The molecule has 1 unspecified atom stereocenters. The molecule has 6 nitrogen and oxygen atoms in total. The molecule has 2 rings (SSSR count). The maximum absolute atomic E-state index is 11.9. The molecule has 0 saturated carbocycles. The number of amides is 1. The van der Waals surface area contributed by atoms with E-state index in [0.29, 0.717) is 18.8 Å². The third-order valence-electron chi connectivity index (χ3n) is 3.13. The van der Waals surface area contributed by atoms with E-state index in [2.05, 4.69) is 0 Å². The summed E-state index contributed by atoms with van der Waals surface area (Å²) in [5.74, 6) is -0.142. The van der Waals surface area contributed by atoms with E-state index < -0.39 is 5.97 Å². The van der Waals surface area contributed by atoms with Crippen LogP contribution in [0, 0.1) is 0 Å². The Morgan fingerprint density at radius 1 is 1.61 bits per heavy atom. The molecular weight excluding hydrogens is 236 g/mol. The molecule has 1 fully saturated rings. The standard InChI is InChI=1S/C12H16N2O4/c1-13-8-11(15)14(6-9(13)5-12(16)17)7-10-3-2-4-18-10/h2-4,9H,5-8H2,1H3,(H,16,17). The van der Waals surface area contributed by atoms with Gasteiger partial charge in [0.25, 0.3) is 0 Å². The van der Waals surface area contributed by atoms with E-state index in [1.807, 2.05) is 0 Å². The summed E-state index contributed by atoms with van der Waals surface area (Å²) in [5.41, 5.74) is 0. The van der Waals surface area contributed by atoms with Gasteiger partial charge in [-0.1, -0.05) is 0 Å². The van der Waals surface area contributed by atoms with Crippen LogP contribution >= 0.6 is 0 Å². The van der Waals surface area contributed by atoms with Crippen molar-refractivity contribution in [3.63, 3.8) is 0 Å². The molecule has 0 aliphatic carbocycles. The van der Waals surface area contributed by atoms with Gasteiger partial charge in [-0.3, -0.25) is 14.5 Å². The van der Waals surface area contributed by atoms with Gasteiger partial charge in [0.2, 0.25) is 5.91 Å². The normalized spacial score (nSPS) is 21.3. The van der Waals surface area contributed by atoms with Crippen molar-refractivity contribution in [3.8, 4) is 0 Å². The molecule has 1 aromatic rings. The first-order valence-corrected chi connectivity index (χ1v) is 5.78. The van der Waals surface area contributed by atoms with E-state index in [-0.39, 0.29) is 24.9 Å². The molecule has 1 amide bonds. The number of hydrogen-bond donors (Lipinski definition) is 1. The fourth-order valence-corrected chi connectivity index (χ4v) is 2.10. The molecule has 1 aromatic heterocycles. The van der Waals surface area contributed by atoms with Gasteiger partial charge in [-0.2, -0.15) is 0 Å². The second kappa shape index (κ2) is 5.22. The minimum absolute atomic E-state index is 0.00413. The van der Waals surface area contributed by atoms with Crippen LogP contribution in [0.25, 0.3) is 0 Å². The molecule has 1 aliphatic rings. The maximum Gasteiger partial charge on any atom is 0.305 e. The lowest BCUT2D eigenvalue weighted by molar-refractivity contribution is -0.144. The van der Waals surface area contributed by atoms with Gasteiger partial charge in [0.15, 0.2) is 0 Å². The number of carboxylic acids is 1. The van der Waals surface area contributed by atoms with Crippen LogP contribution in [0.4, 0.5) is 0 Å². The van der Waals surface area contributed by atoms with Crippen LogP contribution in [0.2, 0.25) is 0 Å². The van der Waals surface area contributed by atoms with Gasteiger partial charge < -0.3 is 14.4 Å². The minimum atomic E-state index is -0.848. The van der Waals surface area contributed by atoms with Crippen molar-refractivity contribution in [2.45, 2.75) is 19.0 Å². The molecule has 18 heavy (non-hydrogen) atoms. The Hall–Kier alpha value is -1.82. The van der Waals surface area contributed by atoms with Crippen LogP contribution in [0.15, 0.2) is 22.8 Å². The third-order valence-corrected chi connectivity index (χ3v) is 3.13. The zero-order chi connectivity index (χ0) is 13.1. The molecular formula is C12H16N2O4. The Morgan fingerprint density at radius 3 is 3.00 bits per heavy atom. The minimum Gasteiger partial charge on any atom is -0.481 e. The van der Waals surface area contributed by atoms with Crippen molar-refractivity contribution in [1.29, 1.82) is 0 Å². The number of rotatable bonds is 4. The second-order valence-corrected chi connectivity index (χ2v) is 4.52. The van der Waals surface area contributed by atoms with Gasteiger partial charge in [0.1, 0.15) is 5.76 Å². The van der Waals surface area contributed by atoms with Gasteiger partial charge in [-0.05, 0) is 19.2 Å². The van der Waals surface area contributed by atoms with Gasteiger partial charge in [-0.15, -0.1) is 0 Å². The Morgan fingerprint density at radius 2 is 2.39 bits per heavy atom. The van der Waals surface area contributed by atoms with Crippen LogP contribution in [0.1, 0.15) is 12.2 Å². The van der Waals surface area contributed by atoms with E-state index in [1.54, 1.807) is 35.2 Å². The van der Waals surface area contributed by atoms with Gasteiger partial charge in [-0.25, -0.2) is 0 Å². The summed E-state index contributed by atoms with van der Waals surface area (Å²) in [6, 6.07) is 3.43. The first-order valence-electron chi connectivity index (χ1n) is 5.78. The number of furan rings is 1. The fourth-order valence-electron chi connectivity index (χ4n) is 2.10. The van der Waals surface area contributed by atoms with Crippen LogP contribution in [-0.4, -0.2) is 53.0 Å². The average molecular weight is 252 g/mol. The molecule has 6 heteroatoms. The predicted octanol–water partition coefficient (Wildman–Crippen LogP) is 0.397. The lowest BCUT2D eigenvalue weighted by atomic mass is 10.1. The molecule has 1 N–H and O–H groups in total. The molecule has 1 aliphatic heterocycles. The van der Waals surface area contributed by atoms with Crippen LogP contribution in [-0.2, 0) is 16.1 Å². The SMILES string of the molecule is CN1CC(=O)N(Cc2ccco2)CC1CC(=O)O. The highest BCUT2D eigenvalue weighted by atomic mass is 16.4. The van der Waals surface area contributed by atoms with Crippen molar-refractivity contribution >= 4 is 11.9 Å². The van der Waals surface area contributed by atoms with Crippen molar-refractivity contribution in [3.05, 3.63) is 24.2 Å². The topological polar surface area (TPSA) is 74.0 Å². The molecule has 1 atom stereocenters. The van der Waals surface area contributed by atoms with Gasteiger partial charge in [0.05, 0.1) is 25.8 Å². The quantitative estimate of drug-likeness (QED) is 0.839. The third kappa shape index (κ3) is 2.89. The molecule has 2 heterocycles. The molecule has 0 bridgehead atoms. The van der Waals surface area contributed by atoms with Crippen molar-refractivity contribution < 1.29 is 19.1 Å². The number of carbonyl (C=O) groups excluding carboxylic acids is 1. The summed E-state index contributed by atoms with van der Waals surface area (Å²) in [6.07, 6.45) is 1.60. The first kappa shape index (κ1) is 12.6. The summed E-state index contributed by atoms with van der Waals surface area (Å²) in [7, 11) is 1.77. The predicted molar refractivity (Wildman–Crippen MR) is 62.8 cm³/mol. The van der Waals surface area contributed by atoms with Gasteiger partial charge in [0, 0.05) is 12.6 Å². The van der Waals surface area contributed by atoms with E-state index in [9.17, 15) is 9.59 Å². The van der Waals surface area contributed by atoms with Crippen LogP contribution in [0.3, 0.4) is 0 Å². The van der Waals surface area contributed by atoms with Crippen molar-refractivity contribution in [2.24, 2.45) is 0 Å². The number of likely N-dealkylation sites (N-methyl/N-ethyl adjacent to an activating group) is 1. The number of carboxylic acid groups (broad SMARTS) is 1. The van der Waals surface area contributed by atoms with Crippen LogP contribution in [0.5, 0.6) is 0 Å². The molecule has 98 valence electrons. The summed E-state index contributed by atoms with van der Waals surface area (Å²) < 4.78 is 5.20. The number of hydrogen-bond acceptors (Lipinski definition) is 4. The number of nitrogens with zero attached hydrogens (tertiary/aromatic N) is 2. The highest BCUT2D eigenvalue weighted by Crippen LogP contribution is 2.15. The fraction of sp³-hybridized carbons (Fsp3) is 0.500. The molecule has 1 saturated heterocycles. The van der Waals surface area contributed by atoms with Gasteiger partial charge >= 0.3 is 5.97 Å². The largest absolute Gasteiger partial charge is 0.481 e. The number of carbonyl (C=O) groups is 2. The summed E-state index contributed by atoms with van der Waals surface area (Å²) >= 11 is 0. The average Bonchev–Trinajstić information content (AvgIpc) is 2.77. The Labute approximate surface area is 105 Å². The molecule has 0 radical (unpaired) electrons. The van der Waals surface area contributed by atoms with Crippen molar-refractivity contribution in [1.82, 2.24) is 9.80 Å². The van der Waals surface area contributed by atoms with Crippen LogP contribution < -0.4 is 0 Å². The molecule has 0 aromatic carbocycles. The van der Waals surface area contributed by atoms with E-state index in [0.717, 1.165) is 0 Å². The number of aliphatic carboxylic acids is 1. The highest BCUT2D eigenvalue weighted by Gasteiger charge is 2.31. The zero-order valence-electron chi connectivity index (χ0n) is 10.2. The maximum atomic E-state index is 11.9. The Kier molecular flexibility index (Phi) is 3.66. The second-order valence-electron chi connectivity index (χ2n) is 4.52. The summed E-state index contributed by atoms with van der Waals surface area (Å²) in [5, 5.41) is 8.84. The summed E-state index contributed by atoms with van der Waals surface area (Å²) in [6.45, 7) is 1.07. The monoisotopic (exact) mass is 252 g/mol. The lowest BCUT2D eigenvalue weighted by Crippen LogP contribution is -2.54. The molecule has 0 spiro atoms. The number of piperazine rings is 1. The van der Waals surface area contributed by atoms with E-state index in [4.69, 9.17) is 9.52 Å². The zero-order valence-corrected chi connectivity index (χ0v) is 10.2. The Bertz CT molecular complexity index is 429. The summed E-state index contributed by atoms with van der Waals surface area (Å²) in [4.78, 5) is 26.1. The smallest absolute Gasteiger partial charge is 0.305 e. The highest BCUT2D eigenvalue weighted by molar-refractivity contribution is 5.79. The Balaban J connectivity index is 2.01. The lowest BCUT2D eigenvalue weighted by Gasteiger charge is -2.38. The van der Waals surface area contributed by atoms with E-state index in [1.165, 1.54) is 0 Å². The van der Waals surface area contributed by atoms with Crippen molar-refractivity contribution in [2.75, 3.05) is 20.1 Å².